The van der Waals surface area contributed by atoms with Gasteiger partial charge in [0.05, 0.1) is 5.69 Å². The molecule has 0 saturated carbocycles. The van der Waals surface area contributed by atoms with Gasteiger partial charge in [0, 0.05) is 0 Å². The Kier molecular flexibility index (Phi) is 1.70. The van der Waals surface area contributed by atoms with Crippen molar-refractivity contribution in [2.45, 2.75) is 12.1 Å². The summed E-state index contributed by atoms with van der Waals surface area (Å²) in [5.41, 5.74) is 1.81. The van der Waals surface area contributed by atoms with Gasteiger partial charge in [-0.15, -0.1) is 0 Å². The molecule has 4 heteroatoms. The molecule has 1 N–H and O–H groups in total. The molecule has 1 aliphatic heterocycles. The van der Waals surface area contributed by atoms with E-state index in [0.29, 0.717) is 12.0 Å². The summed E-state index contributed by atoms with van der Waals surface area (Å²) in [7, 11) is 0. The van der Waals surface area contributed by atoms with Crippen LogP contribution in [0.4, 0.5) is 5.69 Å². The van der Waals surface area contributed by atoms with Gasteiger partial charge in [0.2, 0.25) is 6.29 Å². The maximum Gasteiger partial charge on any atom is 0.316 e. The summed E-state index contributed by atoms with van der Waals surface area (Å²) in [4.78, 5) is 10.6. The first-order chi connectivity index (χ1) is 6.13. The summed E-state index contributed by atoms with van der Waals surface area (Å²) in [6.45, 7) is 1.94. The minimum absolute atomic E-state index is 0.532. The summed E-state index contributed by atoms with van der Waals surface area (Å²) < 4.78 is 5.21. The summed E-state index contributed by atoms with van der Waals surface area (Å²) in [6, 6.07) is 5.58. The molecule has 0 bridgehead atoms. The quantitative estimate of drug-likeness (QED) is 0.425. The summed E-state index contributed by atoms with van der Waals surface area (Å²) >= 11 is 5.77. The standard InChI is InChI=1S/C9H8ClNO2/c1-6-2-3-7-8(4-6)13-9(10,5-12)11-7/h2-5,11H,1H3. The molecule has 1 unspecified atom stereocenters. The number of fused-ring (bicyclic) bond motifs is 1. The van der Waals surface area contributed by atoms with E-state index >= 15 is 0 Å². The first kappa shape index (κ1) is 8.38. The smallest absolute Gasteiger partial charge is 0.316 e. The highest BCUT2D eigenvalue weighted by atomic mass is 35.5. The number of hydrogen-bond acceptors (Lipinski definition) is 3. The number of halogens is 1. The van der Waals surface area contributed by atoms with E-state index in [1.54, 1.807) is 0 Å². The van der Waals surface area contributed by atoms with E-state index in [-0.39, 0.29) is 0 Å². The van der Waals surface area contributed by atoms with Gasteiger partial charge in [-0.1, -0.05) is 6.07 Å². The Labute approximate surface area is 80.6 Å². The van der Waals surface area contributed by atoms with Gasteiger partial charge < -0.3 is 10.1 Å². The fourth-order valence-electron chi connectivity index (χ4n) is 1.24. The zero-order chi connectivity index (χ0) is 9.47. The number of ether oxygens (including phenoxy) is 1. The van der Waals surface area contributed by atoms with E-state index in [9.17, 15) is 4.79 Å². The van der Waals surface area contributed by atoms with Gasteiger partial charge in [-0.25, -0.2) is 0 Å². The number of aldehydes is 1. The molecule has 0 radical (unpaired) electrons. The maximum atomic E-state index is 10.6. The lowest BCUT2D eigenvalue weighted by Gasteiger charge is -2.12. The van der Waals surface area contributed by atoms with E-state index < -0.39 is 5.18 Å². The molecule has 0 aromatic heterocycles. The van der Waals surface area contributed by atoms with Crippen molar-refractivity contribution in [3.63, 3.8) is 0 Å². The number of carbonyl (C=O) groups excluding carboxylic acids is 1. The molecule has 1 aromatic rings. The highest BCUT2D eigenvalue weighted by molar-refractivity contribution is 6.32. The molecule has 0 saturated heterocycles. The number of benzene rings is 1. The molecule has 1 atom stereocenters. The highest BCUT2D eigenvalue weighted by Crippen LogP contribution is 2.37. The van der Waals surface area contributed by atoms with Gasteiger partial charge >= 0.3 is 5.18 Å². The molecule has 2 rings (SSSR count). The SMILES string of the molecule is Cc1ccc2c(c1)OC(Cl)(C=O)N2. The van der Waals surface area contributed by atoms with Crippen LogP contribution in [0.3, 0.4) is 0 Å². The average molecular weight is 198 g/mol. The molecule has 13 heavy (non-hydrogen) atoms. The molecule has 0 aliphatic carbocycles. The van der Waals surface area contributed by atoms with Crippen LogP contribution in [0.5, 0.6) is 5.75 Å². The number of rotatable bonds is 1. The van der Waals surface area contributed by atoms with Crippen LogP contribution >= 0.6 is 11.6 Å². The molecule has 0 fully saturated rings. The van der Waals surface area contributed by atoms with Crippen LogP contribution in [0.2, 0.25) is 0 Å². The Morgan fingerprint density at radius 2 is 2.38 bits per heavy atom. The van der Waals surface area contributed by atoms with Crippen LogP contribution in [-0.4, -0.2) is 11.5 Å². The highest BCUT2D eigenvalue weighted by Gasteiger charge is 2.36. The Morgan fingerprint density at radius 1 is 1.62 bits per heavy atom. The first-order valence-electron chi connectivity index (χ1n) is 3.86. The van der Waals surface area contributed by atoms with Crippen molar-refractivity contribution in [2.24, 2.45) is 0 Å². The number of hydrogen-bond donors (Lipinski definition) is 1. The zero-order valence-corrected chi connectivity index (χ0v) is 7.76. The van der Waals surface area contributed by atoms with Gasteiger partial charge in [0.1, 0.15) is 5.75 Å². The van der Waals surface area contributed by atoms with Crippen LogP contribution in [0, 0.1) is 6.92 Å². The van der Waals surface area contributed by atoms with Crippen LogP contribution < -0.4 is 10.1 Å². The third-order valence-electron chi connectivity index (χ3n) is 1.85. The van der Waals surface area contributed by atoms with Crippen LogP contribution in [0.25, 0.3) is 0 Å². The Bertz CT molecular complexity index is 367. The van der Waals surface area contributed by atoms with Crippen molar-refractivity contribution in [3.05, 3.63) is 23.8 Å². The van der Waals surface area contributed by atoms with Gasteiger partial charge in [-0.05, 0) is 36.2 Å². The lowest BCUT2D eigenvalue weighted by atomic mass is 10.2. The topological polar surface area (TPSA) is 38.3 Å². The first-order valence-corrected chi connectivity index (χ1v) is 4.24. The second-order valence-corrected chi connectivity index (χ2v) is 3.55. The van der Waals surface area contributed by atoms with Crippen LogP contribution in [0.15, 0.2) is 18.2 Å². The molecular formula is C9H8ClNO2. The van der Waals surface area contributed by atoms with E-state index in [2.05, 4.69) is 5.32 Å². The van der Waals surface area contributed by atoms with Gasteiger partial charge in [0.25, 0.3) is 0 Å². The largest absolute Gasteiger partial charge is 0.446 e. The van der Waals surface area contributed by atoms with E-state index in [1.165, 1.54) is 0 Å². The molecule has 68 valence electrons. The molecule has 1 heterocycles. The molecule has 1 aliphatic rings. The maximum absolute atomic E-state index is 10.6. The Hall–Kier alpha value is -1.22. The van der Waals surface area contributed by atoms with E-state index in [1.807, 2.05) is 25.1 Å². The fraction of sp³-hybridized carbons (Fsp3) is 0.222. The zero-order valence-electron chi connectivity index (χ0n) is 7.00. The van der Waals surface area contributed by atoms with Crippen molar-refractivity contribution in [1.82, 2.24) is 0 Å². The molecule has 0 spiro atoms. The number of nitrogens with one attached hydrogen (secondary N) is 1. The van der Waals surface area contributed by atoms with Gasteiger partial charge in [-0.2, -0.15) is 0 Å². The van der Waals surface area contributed by atoms with Crippen molar-refractivity contribution < 1.29 is 9.53 Å². The second kappa shape index (κ2) is 2.64. The van der Waals surface area contributed by atoms with E-state index in [0.717, 1.165) is 11.3 Å². The van der Waals surface area contributed by atoms with Crippen molar-refractivity contribution in [1.29, 1.82) is 0 Å². The van der Waals surface area contributed by atoms with Crippen LogP contribution in [-0.2, 0) is 4.79 Å². The van der Waals surface area contributed by atoms with Crippen molar-refractivity contribution >= 4 is 23.6 Å². The minimum Gasteiger partial charge on any atom is -0.446 e. The second-order valence-electron chi connectivity index (χ2n) is 2.99. The van der Waals surface area contributed by atoms with E-state index in [4.69, 9.17) is 16.3 Å². The number of anilines is 1. The third kappa shape index (κ3) is 1.35. The van der Waals surface area contributed by atoms with Crippen LogP contribution in [0.1, 0.15) is 5.56 Å². The summed E-state index contributed by atoms with van der Waals surface area (Å²) in [6.07, 6.45) is 0.532. The lowest BCUT2D eigenvalue weighted by molar-refractivity contribution is -0.114. The molecule has 1 aromatic carbocycles. The number of carbonyl (C=O) groups is 1. The van der Waals surface area contributed by atoms with Gasteiger partial charge in [-0.3, -0.25) is 4.79 Å². The van der Waals surface area contributed by atoms with Gasteiger partial charge in [0.15, 0.2) is 0 Å². The summed E-state index contributed by atoms with van der Waals surface area (Å²) in [5.74, 6) is 0.613. The monoisotopic (exact) mass is 197 g/mol. The average Bonchev–Trinajstić information content (AvgIpc) is 2.42. The summed E-state index contributed by atoms with van der Waals surface area (Å²) in [5, 5.41) is 1.34. The predicted octanol–water partition coefficient (Wildman–Crippen LogP) is 1.89. The third-order valence-corrected chi connectivity index (χ3v) is 2.11. The predicted molar refractivity (Wildman–Crippen MR) is 50.1 cm³/mol. The molecule has 0 amide bonds. The van der Waals surface area contributed by atoms with Crippen molar-refractivity contribution in [3.8, 4) is 5.75 Å². The molecule has 3 nitrogen and oxygen atoms in total. The number of aryl methyl sites for hydroxylation is 1. The lowest BCUT2D eigenvalue weighted by Crippen LogP contribution is -2.34. The normalized spacial score (nSPS) is 24.5. The fourth-order valence-corrected chi connectivity index (χ4v) is 1.42. The Morgan fingerprint density at radius 3 is 3.08 bits per heavy atom. The molecular weight excluding hydrogens is 190 g/mol. The Balaban J connectivity index is 2.40. The van der Waals surface area contributed by atoms with Crippen molar-refractivity contribution in [2.75, 3.05) is 5.32 Å². The minimum atomic E-state index is -1.42. The number of alkyl halides is 1.